The number of fused-ring (bicyclic) bond motifs is 2. The van der Waals surface area contributed by atoms with Crippen LogP contribution < -0.4 is 10.6 Å². The summed E-state index contributed by atoms with van der Waals surface area (Å²) in [6.45, 7) is 0. The van der Waals surface area contributed by atoms with Crippen LogP contribution >= 0.6 is 0 Å². The zero-order valence-electron chi connectivity index (χ0n) is 11.1. The van der Waals surface area contributed by atoms with Crippen LogP contribution in [0.3, 0.4) is 0 Å². The predicted octanol–water partition coefficient (Wildman–Crippen LogP) is 2.18. The van der Waals surface area contributed by atoms with E-state index in [0.717, 1.165) is 25.7 Å². The van der Waals surface area contributed by atoms with Gasteiger partial charge in [0.2, 0.25) is 0 Å². The molecule has 0 spiro atoms. The smallest absolute Gasteiger partial charge is 0.348 e. The average molecular weight is 280 g/mol. The predicted molar refractivity (Wildman–Crippen MR) is 71.4 cm³/mol. The van der Waals surface area contributed by atoms with Crippen molar-refractivity contribution >= 4 is 5.91 Å². The Labute approximate surface area is 116 Å². The quantitative estimate of drug-likeness (QED) is 0.891. The molecule has 0 saturated carbocycles. The topological polar surface area (TPSA) is 41.1 Å². The third kappa shape index (κ3) is 2.54. The fourth-order valence-electron chi connectivity index (χ4n) is 3.23. The monoisotopic (exact) mass is 280 g/mol. The van der Waals surface area contributed by atoms with Gasteiger partial charge in [-0.1, -0.05) is 30.3 Å². The molecule has 0 aliphatic carbocycles. The first kappa shape index (κ1) is 13.5. The number of piperidine rings is 1. The maximum absolute atomic E-state index is 14.1. The molecule has 2 fully saturated rings. The van der Waals surface area contributed by atoms with Gasteiger partial charge in [-0.3, -0.25) is 4.79 Å². The van der Waals surface area contributed by atoms with E-state index in [0.29, 0.717) is 12.1 Å². The Hall–Kier alpha value is -1.49. The molecule has 2 bridgehead atoms. The number of carbonyl (C=O) groups is 1. The van der Waals surface area contributed by atoms with Crippen molar-refractivity contribution in [2.24, 2.45) is 0 Å². The van der Waals surface area contributed by atoms with Crippen molar-refractivity contribution in [2.45, 2.75) is 49.7 Å². The summed E-state index contributed by atoms with van der Waals surface area (Å²) in [4.78, 5) is 11.9. The third-order valence-electron chi connectivity index (χ3n) is 4.23. The zero-order chi connectivity index (χ0) is 14.2. The van der Waals surface area contributed by atoms with E-state index < -0.39 is 11.8 Å². The molecule has 2 unspecified atom stereocenters. The molecule has 2 atom stereocenters. The maximum Gasteiger partial charge on any atom is 0.349 e. The molecule has 3 rings (SSSR count). The van der Waals surface area contributed by atoms with Crippen molar-refractivity contribution in [2.75, 3.05) is 0 Å². The Bertz CT molecular complexity index is 480. The van der Waals surface area contributed by atoms with Gasteiger partial charge in [-0.25, -0.2) is 0 Å². The lowest BCUT2D eigenvalue weighted by atomic mass is 9.99. The number of benzene rings is 1. The van der Waals surface area contributed by atoms with Crippen LogP contribution in [0.2, 0.25) is 0 Å². The first-order valence-corrected chi connectivity index (χ1v) is 7.06. The highest BCUT2D eigenvalue weighted by molar-refractivity contribution is 5.85. The number of alkyl halides is 2. The SMILES string of the molecule is O=C(NC1CC2CCC(C1)N2)C(F)(F)c1ccccc1. The summed E-state index contributed by atoms with van der Waals surface area (Å²) in [7, 11) is 0. The summed E-state index contributed by atoms with van der Waals surface area (Å²) in [5, 5.41) is 5.95. The number of amides is 1. The summed E-state index contributed by atoms with van der Waals surface area (Å²) >= 11 is 0. The van der Waals surface area contributed by atoms with Gasteiger partial charge in [0.05, 0.1) is 0 Å². The van der Waals surface area contributed by atoms with E-state index in [1.54, 1.807) is 6.07 Å². The largest absolute Gasteiger partial charge is 0.349 e. The van der Waals surface area contributed by atoms with Crippen LogP contribution in [-0.4, -0.2) is 24.0 Å². The van der Waals surface area contributed by atoms with Gasteiger partial charge in [-0.05, 0) is 25.7 Å². The van der Waals surface area contributed by atoms with Crippen molar-refractivity contribution in [3.63, 3.8) is 0 Å². The summed E-state index contributed by atoms with van der Waals surface area (Å²) in [6.07, 6.45) is 3.64. The second kappa shape index (κ2) is 5.13. The van der Waals surface area contributed by atoms with Gasteiger partial charge in [0.15, 0.2) is 0 Å². The van der Waals surface area contributed by atoms with Crippen LogP contribution in [0.1, 0.15) is 31.2 Å². The normalized spacial score (nSPS) is 29.2. The fraction of sp³-hybridized carbons (Fsp3) is 0.533. The lowest BCUT2D eigenvalue weighted by molar-refractivity contribution is -0.148. The highest BCUT2D eigenvalue weighted by Crippen LogP contribution is 2.30. The van der Waals surface area contributed by atoms with Gasteiger partial charge in [0, 0.05) is 23.7 Å². The van der Waals surface area contributed by atoms with Crippen LogP contribution in [-0.2, 0) is 10.7 Å². The minimum atomic E-state index is -3.47. The second-order valence-electron chi connectivity index (χ2n) is 5.72. The number of halogens is 2. The van der Waals surface area contributed by atoms with E-state index in [2.05, 4.69) is 10.6 Å². The van der Waals surface area contributed by atoms with Gasteiger partial charge in [-0.2, -0.15) is 8.78 Å². The lowest BCUT2D eigenvalue weighted by Crippen LogP contribution is -2.51. The van der Waals surface area contributed by atoms with Gasteiger partial charge < -0.3 is 10.6 Å². The molecule has 20 heavy (non-hydrogen) atoms. The number of nitrogens with one attached hydrogen (secondary N) is 2. The van der Waals surface area contributed by atoms with E-state index in [4.69, 9.17) is 0 Å². The van der Waals surface area contributed by atoms with Crippen molar-refractivity contribution in [1.82, 2.24) is 10.6 Å². The maximum atomic E-state index is 14.1. The Morgan fingerprint density at radius 3 is 2.35 bits per heavy atom. The molecule has 1 aromatic carbocycles. The molecule has 1 amide bonds. The fourth-order valence-corrected chi connectivity index (χ4v) is 3.23. The molecule has 5 heteroatoms. The van der Waals surface area contributed by atoms with Gasteiger partial charge in [-0.15, -0.1) is 0 Å². The highest BCUT2D eigenvalue weighted by atomic mass is 19.3. The van der Waals surface area contributed by atoms with Crippen molar-refractivity contribution in [3.05, 3.63) is 35.9 Å². The Balaban J connectivity index is 1.67. The minimum absolute atomic E-state index is 0.143. The van der Waals surface area contributed by atoms with Gasteiger partial charge in [0.1, 0.15) is 0 Å². The minimum Gasteiger partial charge on any atom is -0.348 e. The van der Waals surface area contributed by atoms with Crippen molar-refractivity contribution < 1.29 is 13.6 Å². The molecule has 108 valence electrons. The van der Waals surface area contributed by atoms with Crippen LogP contribution in [0, 0.1) is 0 Å². The summed E-state index contributed by atoms with van der Waals surface area (Å²) < 4.78 is 28.2. The third-order valence-corrected chi connectivity index (χ3v) is 4.23. The first-order chi connectivity index (χ1) is 9.55. The second-order valence-corrected chi connectivity index (χ2v) is 5.72. The van der Waals surface area contributed by atoms with Crippen molar-refractivity contribution in [3.8, 4) is 0 Å². The first-order valence-electron chi connectivity index (χ1n) is 7.06. The van der Waals surface area contributed by atoms with E-state index in [9.17, 15) is 13.6 Å². The van der Waals surface area contributed by atoms with Crippen LogP contribution in [0.25, 0.3) is 0 Å². The summed E-state index contributed by atoms with van der Waals surface area (Å²) in [5.74, 6) is -4.65. The Morgan fingerprint density at radius 1 is 1.15 bits per heavy atom. The number of carbonyl (C=O) groups excluding carboxylic acids is 1. The molecule has 2 saturated heterocycles. The molecular weight excluding hydrogens is 262 g/mol. The van der Waals surface area contributed by atoms with Gasteiger partial charge in [0.25, 0.3) is 5.91 Å². The van der Waals surface area contributed by atoms with Crippen LogP contribution in [0.4, 0.5) is 8.78 Å². The Kier molecular flexibility index (Phi) is 3.46. The average Bonchev–Trinajstić information content (AvgIpc) is 2.79. The number of hydrogen-bond donors (Lipinski definition) is 2. The van der Waals surface area contributed by atoms with Crippen molar-refractivity contribution in [1.29, 1.82) is 0 Å². The zero-order valence-corrected chi connectivity index (χ0v) is 11.1. The highest BCUT2D eigenvalue weighted by Gasteiger charge is 2.43. The molecule has 2 aliphatic heterocycles. The molecule has 2 aliphatic rings. The standard InChI is InChI=1S/C15H18F2N2O/c16-15(17,10-4-2-1-3-5-10)14(20)19-13-8-11-6-7-12(9-13)18-11/h1-5,11-13,18H,6-9H2,(H,19,20). The molecule has 2 heterocycles. The summed E-state index contributed by atoms with van der Waals surface area (Å²) in [5.41, 5.74) is -0.255. The number of rotatable bonds is 3. The van der Waals surface area contributed by atoms with Gasteiger partial charge >= 0.3 is 5.92 Å². The number of hydrogen-bond acceptors (Lipinski definition) is 2. The molecule has 0 radical (unpaired) electrons. The molecular formula is C15H18F2N2O. The van der Waals surface area contributed by atoms with E-state index in [1.807, 2.05) is 0 Å². The lowest BCUT2D eigenvalue weighted by Gasteiger charge is -2.30. The van der Waals surface area contributed by atoms with Crippen LogP contribution in [0.15, 0.2) is 30.3 Å². The van der Waals surface area contributed by atoms with E-state index >= 15 is 0 Å². The van der Waals surface area contributed by atoms with Crippen LogP contribution in [0.5, 0.6) is 0 Å². The molecule has 1 aromatic rings. The molecule has 3 nitrogen and oxygen atoms in total. The Morgan fingerprint density at radius 2 is 1.75 bits per heavy atom. The van der Waals surface area contributed by atoms with E-state index in [1.165, 1.54) is 24.3 Å². The van der Waals surface area contributed by atoms with E-state index in [-0.39, 0.29) is 11.6 Å². The molecule has 0 aromatic heterocycles. The summed E-state index contributed by atoms with van der Waals surface area (Å²) in [6, 6.07) is 7.84. The molecule has 2 N–H and O–H groups in total.